The third-order valence-corrected chi connectivity index (χ3v) is 11.9. The molecule has 3 rings (SSSR count). The molecule has 1 aromatic carbocycles. The minimum Gasteiger partial charge on any atom is -0.543 e. The molecule has 2 aliphatic rings. The highest BCUT2D eigenvalue weighted by molar-refractivity contribution is 6.74. The van der Waals surface area contributed by atoms with Gasteiger partial charge >= 0.3 is 11.9 Å². The van der Waals surface area contributed by atoms with Crippen molar-refractivity contribution in [2.75, 3.05) is 13.7 Å². The van der Waals surface area contributed by atoms with Crippen molar-refractivity contribution >= 4 is 20.3 Å². The minimum atomic E-state index is -2.25. The first-order valence-electron chi connectivity index (χ1n) is 12.3. The van der Waals surface area contributed by atoms with Crippen molar-refractivity contribution in [1.29, 1.82) is 0 Å². The number of cyclic esters (lactones) is 1. The molecule has 0 bridgehead atoms. The number of allylic oxidation sites excluding steroid dienone is 2. The van der Waals surface area contributed by atoms with Crippen molar-refractivity contribution in [2.24, 2.45) is 5.92 Å². The van der Waals surface area contributed by atoms with E-state index in [1.54, 1.807) is 7.11 Å². The van der Waals surface area contributed by atoms with Crippen LogP contribution in [-0.4, -0.2) is 34.0 Å². The van der Waals surface area contributed by atoms with Crippen molar-refractivity contribution in [1.82, 2.24) is 0 Å². The average Bonchev–Trinajstić information content (AvgIpc) is 3.34. The van der Waals surface area contributed by atoms with Crippen molar-refractivity contribution in [3.63, 3.8) is 0 Å². The van der Waals surface area contributed by atoms with Crippen molar-refractivity contribution in [2.45, 2.75) is 91.5 Å². The van der Waals surface area contributed by atoms with Gasteiger partial charge in [-0.2, -0.15) is 0 Å². The van der Waals surface area contributed by atoms with Crippen LogP contribution in [0.3, 0.4) is 0 Å². The summed E-state index contributed by atoms with van der Waals surface area (Å²) < 4.78 is 23.3. The SMILES string of the molecule is CCOC(=O)CC1CCC/C1=C\Cc1c(OC)c(C)c2c(c1O[Si](C)(C)C(C)(C)C)C(=O)OC2. The Kier molecular flexibility index (Phi) is 7.85. The van der Waals surface area contributed by atoms with E-state index in [0.717, 1.165) is 41.7 Å². The molecule has 1 aliphatic heterocycles. The maximum absolute atomic E-state index is 12.8. The first-order chi connectivity index (χ1) is 15.9. The molecule has 0 N–H and O–H groups in total. The summed E-state index contributed by atoms with van der Waals surface area (Å²) in [5.74, 6) is 1.10. The zero-order chi connectivity index (χ0) is 25.3. The van der Waals surface area contributed by atoms with E-state index in [4.69, 9.17) is 18.6 Å². The normalized spacial score (nSPS) is 19.2. The number of ether oxygens (including phenoxy) is 3. The molecule has 1 aliphatic carbocycles. The Morgan fingerprint density at radius 1 is 1.24 bits per heavy atom. The summed E-state index contributed by atoms with van der Waals surface area (Å²) in [6.07, 6.45) is 6.22. The van der Waals surface area contributed by atoms with Crippen LogP contribution in [-0.2, 0) is 27.3 Å². The molecule has 7 heteroatoms. The molecular formula is C27H40O6Si. The van der Waals surface area contributed by atoms with Gasteiger partial charge in [0.1, 0.15) is 23.7 Å². The molecule has 0 saturated heterocycles. The van der Waals surface area contributed by atoms with Gasteiger partial charge in [0.2, 0.25) is 0 Å². The Morgan fingerprint density at radius 2 is 1.94 bits per heavy atom. The lowest BCUT2D eigenvalue weighted by atomic mass is 9.93. The molecule has 6 nitrogen and oxygen atoms in total. The number of hydrogen-bond donors (Lipinski definition) is 0. The van der Waals surface area contributed by atoms with Crippen LogP contribution in [0.5, 0.6) is 11.5 Å². The summed E-state index contributed by atoms with van der Waals surface area (Å²) in [5, 5.41) is -0.0353. The van der Waals surface area contributed by atoms with Gasteiger partial charge in [-0.05, 0) is 69.1 Å². The summed E-state index contributed by atoms with van der Waals surface area (Å²) in [6, 6.07) is 0. The second-order valence-corrected chi connectivity index (χ2v) is 15.6. The third-order valence-electron chi connectivity index (χ3n) is 7.62. The molecule has 188 valence electrons. The van der Waals surface area contributed by atoms with Gasteiger partial charge < -0.3 is 18.6 Å². The molecule has 0 amide bonds. The molecule has 1 fully saturated rings. The van der Waals surface area contributed by atoms with Crippen LogP contribution in [0.2, 0.25) is 18.1 Å². The summed E-state index contributed by atoms with van der Waals surface area (Å²) >= 11 is 0. The summed E-state index contributed by atoms with van der Waals surface area (Å²) in [7, 11) is -0.588. The number of carbonyl (C=O) groups is 2. The molecule has 0 aromatic heterocycles. The highest BCUT2D eigenvalue weighted by atomic mass is 28.4. The molecule has 34 heavy (non-hydrogen) atoms. The van der Waals surface area contributed by atoms with Gasteiger partial charge in [0.25, 0.3) is 8.32 Å². The van der Waals surface area contributed by atoms with E-state index in [2.05, 4.69) is 39.9 Å². The van der Waals surface area contributed by atoms with E-state index < -0.39 is 8.32 Å². The smallest absolute Gasteiger partial charge is 0.342 e. The molecular weight excluding hydrogens is 448 g/mol. The average molecular weight is 489 g/mol. The van der Waals surface area contributed by atoms with Crippen LogP contribution in [0.25, 0.3) is 0 Å². The van der Waals surface area contributed by atoms with E-state index in [0.29, 0.717) is 30.8 Å². The first kappa shape index (κ1) is 26.3. The minimum absolute atomic E-state index is 0.0353. The van der Waals surface area contributed by atoms with Crippen molar-refractivity contribution < 1.29 is 28.2 Å². The Hall–Kier alpha value is -2.28. The topological polar surface area (TPSA) is 71.1 Å². The van der Waals surface area contributed by atoms with Gasteiger partial charge in [0.05, 0.1) is 20.1 Å². The monoisotopic (exact) mass is 488 g/mol. The number of hydrogen-bond acceptors (Lipinski definition) is 6. The number of carbonyl (C=O) groups excluding carboxylic acids is 2. The molecule has 1 atom stereocenters. The standard InChI is InChI=1S/C27H40O6Si/c1-9-31-22(28)15-19-12-10-11-18(19)13-14-20-24(30-6)17(2)21-16-32-26(29)23(21)25(20)33-34(7,8)27(3,4)5/h13,19H,9-12,14-16H2,1-8H3/b18-13+. The Bertz CT molecular complexity index is 986. The van der Waals surface area contributed by atoms with Crippen LogP contribution >= 0.6 is 0 Å². The lowest BCUT2D eigenvalue weighted by molar-refractivity contribution is -0.143. The maximum Gasteiger partial charge on any atom is 0.342 e. The number of methoxy groups -OCH3 is 1. The van der Waals surface area contributed by atoms with Crippen LogP contribution in [0.4, 0.5) is 0 Å². The first-order valence-corrected chi connectivity index (χ1v) is 15.2. The van der Waals surface area contributed by atoms with Crippen molar-refractivity contribution in [3.8, 4) is 11.5 Å². The lowest BCUT2D eigenvalue weighted by Crippen LogP contribution is -2.44. The molecule has 0 spiro atoms. The van der Waals surface area contributed by atoms with E-state index in [1.807, 2.05) is 13.8 Å². The Labute approximate surface area is 205 Å². The van der Waals surface area contributed by atoms with E-state index in [9.17, 15) is 9.59 Å². The van der Waals surface area contributed by atoms with E-state index >= 15 is 0 Å². The van der Waals surface area contributed by atoms with Gasteiger partial charge in [-0.3, -0.25) is 4.79 Å². The second kappa shape index (κ2) is 10.1. The summed E-state index contributed by atoms with van der Waals surface area (Å²) in [5.41, 5.74) is 4.48. The number of esters is 2. The van der Waals surface area contributed by atoms with E-state index in [1.165, 1.54) is 5.57 Å². The van der Waals surface area contributed by atoms with Gasteiger partial charge in [-0.1, -0.05) is 32.4 Å². The second-order valence-electron chi connectivity index (χ2n) is 10.8. The predicted octanol–water partition coefficient (Wildman–Crippen LogP) is 6.28. The van der Waals surface area contributed by atoms with Crippen molar-refractivity contribution in [3.05, 3.63) is 33.9 Å². The largest absolute Gasteiger partial charge is 0.543 e. The van der Waals surface area contributed by atoms with Gasteiger partial charge in [-0.25, -0.2) is 4.79 Å². The molecule has 1 unspecified atom stereocenters. The van der Waals surface area contributed by atoms with Gasteiger partial charge in [0, 0.05) is 11.1 Å². The van der Waals surface area contributed by atoms with Crippen LogP contribution in [0.15, 0.2) is 11.6 Å². The fourth-order valence-corrected chi connectivity index (χ4v) is 5.67. The fourth-order valence-electron chi connectivity index (χ4n) is 4.63. The van der Waals surface area contributed by atoms with Crippen LogP contribution in [0, 0.1) is 12.8 Å². The molecule has 1 heterocycles. The molecule has 0 radical (unpaired) electrons. The maximum atomic E-state index is 12.8. The third kappa shape index (κ3) is 5.19. The zero-order valence-electron chi connectivity index (χ0n) is 22.1. The number of fused-ring (bicyclic) bond motifs is 1. The van der Waals surface area contributed by atoms with Crippen LogP contribution < -0.4 is 9.16 Å². The lowest BCUT2D eigenvalue weighted by Gasteiger charge is -2.37. The van der Waals surface area contributed by atoms with Gasteiger partial charge in [0.15, 0.2) is 0 Å². The molecule has 1 aromatic rings. The van der Waals surface area contributed by atoms with Gasteiger partial charge in [-0.15, -0.1) is 0 Å². The Balaban J connectivity index is 2.06. The zero-order valence-corrected chi connectivity index (χ0v) is 23.1. The highest BCUT2D eigenvalue weighted by Crippen LogP contribution is 2.47. The fraction of sp³-hybridized carbons (Fsp3) is 0.630. The summed E-state index contributed by atoms with van der Waals surface area (Å²) in [4.78, 5) is 24.9. The van der Waals surface area contributed by atoms with E-state index in [-0.39, 0.29) is 29.5 Å². The highest BCUT2D eigenvalue weighted by Gasteiger charge is 2.42. The quantitative estimate of drug-likeness (QED) is 0.244. The summed E-state index contributed by atoms with van der Waals surface area (Å²) in [6.45, 7) is 15.4. The molecule has 1 saturated carbocycles. The number of benzene rings is 1. The number of rotatable bonds is 8. The van der Waals surface area contributed by atoms with Crippen LogP contribution in [0.1, 0.15) is 80.4 Å². The Morgan fingerprint density at radius 3 is 2.56 bits per heavy atom. The predicted molar refractivity (Wildman–Crippen MR) is 135 cm³/mol.